The van der Waals surface area contributed by atoms with Crippen molar-refractivity contribution in [3.05, 3.63) is 0 Å². The molecule has 0 aliphatic heterocycles. The van der Waals surface area contributed by atoms with Gasteiger partial charge in [0.15, 0.2) is 0 Å². The van der Waals surface area contributed by atoms with E-state index in [1.807, 2.05) is 20.8 Å². The highest BCUT2D eigenvalue weighted by molar-refractivity contribution is 7.46. The standard InChI is InChI=1S/C7H17O4P/c1-6(2,3)7(4,5)11-12(8,9)10/h1-5H3,(H2,8,9,10). The lowest BCUT2D eigenvalue weighted by Crippen LogP contribution is -2.38. The quantitative estimate of drug-likeness (QED) is 0.662. The zero-order valence-electron chi connectivity index (χ0n) is 8.16. The zero-order valence-corrected chi connectivity index (χ0v) is 9.05. The predicted octanol–water partition coefficient (Wildman–Crippen LogP) is 1.92. The molecule has 0 spiro atoms. The first-order valence-corrected chi connectivity index (χ1v) is 5.25. The molecule has 0 unspecified atom stereocenters. The molecule has 12 heavy (non-hydrogen) atoms. The average molecular weight is 196 g/mol. The summed E-state index contributed by atoms with van der Waals surface area (Å²) in [5.41, 5.74) is -1.15. The molecular weight excluding hydrogens is 179 g/mol. The smallest absolute Gasteiger partial charge is 0.303 e. The first-order chi connectivity index (χ1) is 4.96. The van der Waals surface area contributed by atoms with Crippen LogP contribution in [0.2, 0.25) is 0 Å². The van der Waals surface area contributed by atoms with Crippen LogP contribution in [0.1, 0.15) is 34.6 Å². The number of phosphoric ester groups is 1. The SMILES string of the molecule is CC(C)(C)C(C)(C)OP(=O)(O)O. The van der Waals surface area contributed by atoms with Crippen LogP contribution in [0.25, 0.3) is 0 Å². The summed E-state index contributed by atoms with van der Waals surface area (Å²) in [6, 6.07) is 0. The van der Waals surface area contributed by atoms with Crippen LogP contribution >= 0.6 is 7.82 Å². The van der Waals surface area contributed by atoms with Gasteiger partial charge in [-0.15, -0.1) is 0 Å². The lowest BCUT2D eigenvalue weighted by Gasteiger charge is -2.38. The van der Waals surface area contributed by atoms with E-state index in [0.29, 0.717) is 0 Å². The highest BCUT2D eigenvalue weighted by Gasteiger charge is 2.39. The van der Waals surface area contributed by atoms with Crippen LogP contribution in [0.4, 0.5) is 0 Å². The van der Waals surface area contributed by atoms with E-state index in [4.69, 9.17) is 9.79 Å². The summed E-state index contributed by atoms with van der Waals surface area (Å²) in [5, 5.41) is 0. The molecule has 0 fully saturated rings. The third kappa shape index (κ3) is 3.68. The van der Waals surface area contributed by atoms with Crippen LogP contribution in [0.5, 0.6) is 0 Å². The van der Waals surface area contributed by atoms with Gasteiger partial charge in [-0.1, -0.05) is 20.8 Å². The van der Waals surface area contributed by atoms with Gasteiger partial charge in [0.25, 0.3) is 0 Å². The van der Waals surface area contributed by atoms with Crippen molar-refractivity contribution in [2.45, 2.75) is 40.2 Å². The third-order valence-corrected chi connectivity index (χ3v) is 2.85. The molecule has 2 N–H and O–H groups in total. The minimum absolute atomic E-state index is 0.311. The fraction of sp³-hybridized carbons (Fsp3) is 1.00. The van der Waals surface area contributed by atoms with Crippen LogP contribution in [0, 0.1) is 5.41 Å². The molecule has 74 valence electrons. The predicted molar refractivity (Wildman–Crippen MR) is 46.7 cm³/mol. The van der Waals surface area contributed by atoms with Gasteiger partial charge in [-0.2, -0.15) is 0 Å². The summed E-state index contributed by atoms with van der Waals surface area (Å²) in [7, 11) is -4.38. The van der Waals surface area contributed by atoms with E-state index in [-0.39, 0.29) is 5.41 Å². The summed E-state index contributed by atoms with van der Waals surface area (Å²) in [6.07, 6.45) is 0. The summed E-state index contributed by atoms with van der Waals surface area (Å²) >= 11 is 0. The van der Waals surface area contributed by atoms with Gasteiger partial charge in [0, 0.05) is 0 Å². The van der Waals surface area contributed by atoms with E-state index in [1.165, 1.54) is 0 Å². The molecule has 0 heterocycles. The molecule has 5 heteroatoms. The first-order valence-electron chi connectivity index (χ1n) is 3.72. The second kappa shape index (κ2) is 3.11. The van der Waals surface area contributed by atoms with E-state index in [2.05, 4.69) is 4.52 Å². The lowest BCUT2D eigenvalue weighted by atomic mass is 9.79. The molecular formula is C7H17O4P. The van der Waals surface area contributed by atoms with Crippen LogP contribution in [0.3, 0.4) is 0 Å². The fourth-order valence-corrected chi connectivity index (χ4v) is 1.30. The molecule has 0 atom stereocenters. The highest BCUT2D eigenvalue weighted by Crippen LogP contribution is 2.47. The van der Waals surface area contributed by atoms with E-state index in [9.17, 15) is 4.57 Å². The first kappa shape index (κ1) is 12.1. The molecule has 4 nitrogen and oxygen atoms in total. The summed E-state index contributed by atoms with van der Waals surface area (Å²) in [5.74, 6) is 0. The van der Waals surface area contributed by atoms with Crippen molar-refractivity contribution < 1.29 is 18.9 Å². The van der Waals surface area contributed by atoms with Gasteiger partial charge < -0.3 is 9.79 Å². The number of phosphoric acid groups is 1. The van der Waals surface area contributed by atoms with Crippen LogP contribution in [0.15, 0.2) is 0 Å². The minimum Gasteiger partial charge on any atom is -0.303 e. The lowest BCUT2D eigenvalue weighted by molar-refractivity contribution is -0.0220. The molecule has 0 aromatic rings. The van der Waals surface area contributed by atoms with Crippen molar-refractivity contribution >= 4 is 7.82 Å². The molecule has 0 aliphatic carbocycles. The Balaban J connectivity index is 4.56. The molecule has 0 aliphatic rings. The Kier molecular flexibility index (Phi) is 3.14. The Morgan fingerprint density at radius 1 is 1.08 bits per heavy atom. The largest absolute Gasteiger partial charge is 0.470 e. The van der Waals surface area contributed by atoms with E-state index < -0.39 is 13.4 Å². The summed E-state index contributed by atoms with van der Waals surface area (Å²) < 4.78 is 15.2. The van der Waals surface area contributed by atoms with Crippen LogP contribution in [-0.4, -0.2) is 15.4 Å². The van der Waals surface area contributed by atoms with Crippen molar-refractivity contribution in [2.24, 2.45) is 5.41 Å². The Hall–Kier alpha value is 0.110. The normalized spacial score (nSPS) is 14.9. The van der Waals surface area contributed by atoms with Gasteiger partial charge in [-0.3, -0.25) is 4.52 Å². The van der Waals surface area contributed by atoms with Gasteiger partial charge in [0.1, 0.15) is 0 Å². The minimum atomic E-state index is -4.38. The zero-order chi connectivity index (χ0) is 10.2. The maximum Gasteiger partial charge on any atom is 0.470 e. The van der Waals surface area contributed by atoms with Gasteiger partial charge in [-0.25, -0.2) is 4.57 Å². The number of hydrogen-bond donors (Lipinski definition) is 2. The van der Waals surface area contributed by atoms with Gasteiger partial charge in [-0.05, 0) is 19.3 Å². The van der Waals surface area contributed by atoms with Gasteiger partial charge in [0.2, 0.25) is 0 Å². The Morgan fingerprint density at radius 2 is 1.42 bits per heavy atom. The second-order valence-corrected chi connectivity index (χ2v) is 5.51. The Labute approximate surface area is 73.2 Å². The van der Waals surface area contributed by atoms with Crippen molar-refractivity contribution in [3.8, 4) is 0 Å². The van der Waals surface area contributed by atoms with Crippen molar-refractivity contribution in [1.82, 2.24) is 0 Å². The van der Waals surface area contributed by atoms with Crippen molar-refractivity contribution in [3.63, 3.8) is 0 Å². The van der Waals surface area contributed by atoms with Crippen molar-refractivity contribution in [1.29, 1.82) is 0 Å². The Bertz CT molecular complexity index is 198. The molecule has 0 saturated carbocycles. The van der Waals surface area contributed by atoms with Crippen molar-refractivity contribution in [2.75, 3.05) is 0 Å². The topological polar surface area (TPSA) is 66.8 Å². The monoisotopic (exact) mass is 196 g/mol. The highest BCUT2D eigenvalue weighted by atomic mass is 31.2. The van der Waals surface area contributed by atoms with Gasteiger partial charge in [0.05, 0.1) is 5.60 Å². The second-order valence-electron chi connectivity index (χ2n) is 4.34. The van der Waals surface area contributed by atoms with E-state index in [0.717, 1.165) is 0 Å². The molecule has 0 saturated heterocycles. The maximum absolute atomic E-state index is 10.6. The third-order valence-electron chi connectivity index (χ3n) is 2.15. The maximum atomic E-state index is 10.6. The summed E-state index contributed by atoms with van der Waals surface area (Å²) in [6.45, 7) is 8.91. The molecule has 0 amide bonds. The molecule has 0 bridgehead atoms. The fourth-order valence-electron chi connectivity index (χ4n) is 0.434. The van der Waals surface area contributed by atoms with E-state index >= 15 is 0 Å². The van der Waals surface area contributed by atoms with E-state index in [1.54, 1.807) is 13.8 Å². The molecule has 0 aromatic heterocycles. The number of hydrogen-bond acceptors (Lipinski definition) is 2. The average Bonchev–Trinajstić information content (AvgIpc) is 1.52. The summed E-state index contributed by atoms with van der Waals surface area (Å²) in [4.78, 5) is 17.2. The molecule has 0 aromatic carbocycles. The Morgan fingerprint density at radius 3 is 1.50 bits per heavy atom. The van der Waals surface area contributed by atoms with Crippen LogP contribution in [-0.2, 0) is 9.09 Å². The van der Waals surface area contributed by atoms with Crippen LogP contribution < -0.4 is 0 Å². The molecule has 0 rings (SSSR count). The molecule has 0 radical (unpaired) electrons. The number of rotatable bonds is 2. The van der Waals surface area contributed by atoms with Gasteiger partial charge >= 0.3 is 7.82 Å².